The van der Waals surface area contributed by atoms with Gasteiger partial charge in [-0.15, -0.1) is 0 Å². The van der Waals surface area contributed by atoms with Gasteiger partial charge in [0, 0.05) is 22.4 Å². The molecule has 0 saturated carbocycles. The molecule has 0 spiro atoms. The van der Waals surface area contributed by atoms with Crippen molar-refractivity contribution < 1.29 is 8.78 Å². The van der Waals surface area contributed by atoms with Gasteiger partial charge in [0.15, 0.2) is 5.82 Å². The number of fused-ring (bicyclic) bond motifs is 1. The maximum atomic E-state index is 12.8. The summed E-state index contributed by atoms with van der Waals surface area (Å²) < 4.78 is 25.6. The standard InChI is InChI=1S/C16H17F2N3/c17-14(18)10-5-4-6-11(9-10)16-20-13-8-3-1-2-7-12(13)15(19)21-16/h4-6,9,14H,1-3,7-8H2,(H2,19,20,21). The van der Waals surface area contributed by atoms with Gasteiger partial charge in [0.05, 0.1) is 0 Å². The highest BCUT2D eigenvalue weighted by molar-refractivity contribution is 5.60. The van der Waals surface area contributed by atoms with Crippen LogP contribution in [0.25, 0.3) is 11.4 Å². The first-order chi connectivity index (χ1) is 10.1. The van der Waals surface area contributed by atoms with Gasteiger partial charge in [-0.3, -0.25) is 0 Å². The number of rotatable bonds is 2. The Labute approximate surface area is 122 Å². The molecule has 0 saturated heterocycles. The van der Waals surface area contributed by atoms with Gasteiger partial charge in [-0.1, -0.05) is 24.6 Å². The van der Waals surface area contributed by atoms with E-state index >= 15 is 0 Å². The van der Waals surface area contributed by atoms with E-state index < -0.39 is 6.43 Å². The van der Waals surface area contributed by atoms with Gasteiger partial charge in [-0.25, -0.2) is 18.7 Å². The van der Waals surface area contributed by atoms with Gasteiger partial charge in [0.2, 0.25) is 0 Å². The summed E-state index contributed by atoms with van der Waals surface area (Å²) in [5, 5.41) is 0. The zero-order valence-electron chi connectivity index (χ0n) is 11.6. The molecular formula is C16H17F2N3. The smallest absolute Gasteiger partial charge is 0.263 e. The third-order valence-electron chi connectivity index (χ3n) is 3.86. The van der Waals surface area contributed by atoms with Gasteiger partial charge >= 0.3 is 0 Å². The number of halogens is 2. The second-order valence-corrected chi connectivity index (χ2v) is 5.34. The van der Waals surface area contributed by atoms with Gasteiger partial charge in [0.1, 0.15) is 5.82 Å². The zero-order valence-corrected chi connectivity index (χ0v) is 11.6. The van der Waals surface area contributed by atoms with E-state index in [1.807, 2.05) is 0 Å². The van der Waals surface area contributed by atoms with E-state index in [4.69, 9.17) is 5.73 Å². The van der Waals surface area contributed by atoms with Crippen molar-refractivity contribution in [2.45, 2.75) is 38.5 Å². The fourth-order valence-corrected chi connectivity index (χ4v) is 2.74. The van der Waals surface area contributed by atoms with Crippen LogP contribution in [0.1, 0.15) is 42.5 Å². The zero-order chi connectivity index (χ0) is 14.8. The third kappa shape index (κ3) is 2.86. The van der Waals surface area contributed by atoms with Gasteiger partial charge in [0.25, 0.3) is 6.43 Å². The molecule has 1 aliphatic carbocycles. The van der Waals surface area contributed by atoms with Crippen LogP contribution in [0.15, 0.2) is 24.3 Å². The SMILES string of the molecule is Nc1nc(-c2cccc(C(F)F)c2)nc2c1CCCCC2. The summed E-state index contributed by atoms with van der Waals surface area (Å²) in [5.41, 5.74) is 8.61. The molecule has 0 bridgehead atoms. The molecule has 1 aliphatic rings. The highest BCUT2D eigenvalue weighted by Gasteiger charge is 2.16. The summed E-state index contributed by atoms with van der Waals surface area (Å²) in [6.07, 6.45) is 2.62. The van der Waals surface area contributed by atoms with Crippen LogP contribution in [-0.2, 0) is 12.8 Å². The van der Waals surface area contributed by atoms with E-state index in [1.165, 1.54) is 12.1 Å². The van der Waals surface area contributed by atoms with Crippen LogP contribution in [0.4, 0.5) is 14.6 Å². The first-order valence-electron chi connectivity index (χ1n) is 7.19. The van der Waals surface area contributed by atoms with Crippen molar-refractivity contribution in [1.29, 1.82) is 0 Å². The lowest BCUT2D eigenvalue weighted by Gasteiger charge is -2.11. The highest BCUT2D eigenvalue weighted by Crippen LogP contribution is 2.28. The number of hydrogen-bond acceptors (Lipinski definition) is 3. The largest absolute Gasteiger partial charge is 0.383 e. The Kier molecular flexibility index (Phi) is 3.82. The van der Waals surface area contributed by atoms with Crippen molar-refractivity contribution in [3.63, 3.8) is 0 Å². The first kappa shape index (κ1) is 13.9. The van der Waals surface area contributed by atoms with Crippen LogP contribution >= 0.6 is 0 Å². The fraction of sp³-hybridized carbons (Fsp3) is 0.375. The molecule has 0 radical (unpaired) electrons. The Balaban J connectivity index is 2.05. The quantitative estimate of drug-likeness (QED) is 0.852. The van der Waals surface area contributed by atoms with Crippen LogP contribution in [-0.4, -0.2) is 9.97 Å². The molecule has 3 nitrogen and oxygen atoms in total. The number of nitrogen functional groups attached to an aromatic ring is 1. The van der Waals surface area contributed by atoms with Crippen LogP contribution < -0.4 is 5.73 Å². The summed E-state index contributed by atoms with van der Waals surface area (Å²) >= 11 is 0. The maximum Gasteiger partial charge on any atom is 0.263 e. The van der Waals surface area contributed by atoms with E-state index in [1.54, 1.807) is 12.1 Å². The van der Waals surface area contributed by atoms with Gasteiger partial charge in [-0.2, -0.15) is 0 Å². The molecule has 2 aromatic rings. The minimum atomic E-state index is -2.50. The van der Waals surface area contributed by atoms with Crippen LogP contribution in [0.5, 0.6) is 0 Å². The number of benzene rings is 1. The summed E-state index contributed by atoms with van der Waals surface area (Å²) in [5.74, 6) is 0.926. The van der Waals surface area contributed by atoms with Crippen LogP contribution in [0.3, 0.4) is 0 Å². The van der Waals surface area contributed by atoms with Crippen molar-refractivity contribution in [2.75, 3.05) is 5.73 Å². The van der Waals surface area contributed by atoms with Crippen LogP contribution in [0.2, 0.25) is 0 Å². The highest BCUT2D eigenvalue weighted by atomic mass is 19.3. The Morgan fingerprint density at radius 3 is 2.67 bits per heavy atom. The van der Waals surface area contributed by atoms with E-state index in [9.17, 15) is 8.78 Å². The molecule has 0 amide bonds. The molecule has 1 heterocycles. The molecule has 1 aromatic carbocycles. The monoisotopic (exact) mass is 289 g/mol. The molecular weight excluding hydrogens is 272 g/mol. The minimum Gasteiger partial charge on any atom is -0.383 e. The van der Waals surface area contributed by atoms with Gasteiger partial charge < -0.3 is 5.73 Å². The summed E-state index contributed by atoms with van der Waals surface area (Å²) in [7, 11) is 0. The molecule has 21 heavy (non-hydrogen) atoms. The molecule has 3 rings (SSSR count). The number of aryl methyl sites for hydroxylation is 1. The molecule has 0 aliphatic heterocycles. The fourth-order valence-electron chi connectivity index (χ4n) is 2.74. The number of aromatic nitrogens is 2. The Morgan fingerprint density at radius 2 is 1.86 bits per heavy atom. The molecule has 0 unspecified atom stereocenters. The topological polar surface area (TPSA) is 51.8 Å². The lowest BCUT2D eigenvalue weighted by Crippen LogP contribution is -2.06. The Bertz CT molecular complexity index is 656. The van der Waals surface area contributed by atoms with Crippen molar-refractivity contribution in [3.05, 3.63) is 41.1 Å². The van der Waals surface area contributed by atoms with Crippen molar-refractivity contribution in [3.8, 4) is 11.4 Å². The second-order valence-electron chi connectivity index (χ2n) is 5.34. The molecule has 2 N–H and O–H groups in total. The second kappa shape index (κ2) is 5.76. The maximum absolute atomic E-state index is 12.8. The van der Waals surface area contributed by atoms with E-state index in [-0.39, 0.29) is 5.56 Å². The molecule has 110 valence electrons. The number of nitrogens with zero attached hydrogens (tertiary/aromatic N) is 2. The Hall–Kier alpha value is -2.04. The average Bonchev–Trinajstić information content (AvgIpc) is 2.73. The van der Waals surface area contributed by atoms with Crippen molar-refractivity contribution in [2.24, 2.45) is 0 Å². The minimum absolute atomic E-state index is 0.0235. The summed E-state index contributed by atoms with van der Waals surface area (Å²) in [6.45, 7) is 0. The van der Waals surface area contributed by atoms with Gasteiger partial charge in [-0.05, 0) is 31.7 Å². The normalized spacial score (nSPS) is 14.8. The number of alkyl halides is 2. The third-order valence-corrected chi connectivity index (χ3v) is 3.86. The molecule has 0 atom stereocenters. The van der Waals surface area contributed by atoms with E-state index in [0.29, 0.717) is 17.2 Å². The first-order valence-corrected chi connectivity index (χ1v) is 7.19. The average molecular weight is 289 g/mol. The lowest BCUT2D eigenvalue weighted by atomic mass is 10.1. The van der Waals surface area contributed by atoms with Crippen LogP contribution in [0, 0.1) is 0 Å². The summed E-state index contributed by atoms with van der Waals surface area (Å²) in [6, 6.07) is 6.18. The number of anilines is 1. The summed E-state index contributed by atoms with van der Waals surface area (Å²) in [4.78, 5) is 8.89. The van der Waals surface area contributed by atoms with E-state index in [0.717, 1.165) is 43.4 Å². The molecule has 5 heteroatoms. The van der Waals surface area contributed by atoms with Crippen molar-refractivity contribution >= 4 is 5.82 Å². The molecule has 1 aromatic heterocycles. The molecule has 0 fully saturated rings. The number of nitrogens with two attached hydrogens (primary N) is 1. The Morgan fingerprint density at radius 1 is 1.05 bits per heavy atom. The predicted octanol–water partition coefficient (Wildman–Crippen LogP) is 3.93. The lowest BCUT2D eigenvalue weighted by molar-refractivity contribution is 0.151. The predicted molar refractivity (Wildman–Crippen MR) is 78.1 cm³/mol. The van der Waals surface area contributed by atoms with Crippen molar-refractivity contribution in [1.82, 2.24) is 9.97 Å². The number of hydrogen-bond donors (Lipinski definition) is 1. The van der Waals surface area contributed by atoms with E-state index in [2.05, 4.69) is 9.97 Å².